The Morgan fingerprint density at radius 1 is 0.919 bits per heavy atom. The highest BCUT2D eigenvalue weighted by Gasteiger charge is 2.67. The number of aliphatic hydroxyl groups excluding tert-OH is 3. The molecule has 0 radical (unpaired) electrons. The first-order valence-corrected chi connectivity index (χ1v) is 14.5. The van der Waals surface area contributed by atoms with E-state index in [0.29, 0.717) is 18.8 Å². The lowest BCUT2D eigenvalue weighted by molar-refractivity contribution is -0.202. The molecule has 3 N–H and O–H groups in total. The minimum Gasteiger partial charge on any atom is -0.469 e. The van der Waals surface area contributed by atoms with Gasteiger partial charge in [0.05, 0.1) is 31.3 Å². The van der Waals surface area contributed by atoms with Crippen LogP contribution in [0.5, 0.6) is 0 Å². The van der Waals surface area contributed by atoms with Gasteiger partial charge in [0.15, 0.2) is 5.78 Å². The number of aliphatic hydroxyl groups is 3. The Labute approximate surface area is 222 Å². The van der Waals surface area contributed by atoms with Crippen molar-refractivity contribution in [3.63, 3.8) is 0 Å². The van der Waals surface area contributed by atoms with E-state index in [1.165, 1.54) is 12.7 Å². The molecular formula is C31H48O6. The predicted molar refractivity (Wildman–Crippen MR) is 140 cm³/mol. The lowest BCUT2D eigenvalue weighted by Crippen LogP contribution is -2.61. The van der Waals surface area contributed by atoms with Crippen molar-refractivity contribution < 1.29 is 29.6 Å². The van der Waals surface area contributed by atoms with Crippen molar-refractivity contribution in [2.75, 3.05) is 13.7 Å². The highest BCUT2D eigenvalue weighted by Crippen LogP contribution is 2.70. The minimum atomic E-state index is -0.906. The predicted octanol–water partition coefficient (Wildman–Crippen LogP) is 4.44. The van der Waals surface area contributed by atoms with Gasteiger partial charge < -0.3 is 20.1 Å². The van der Waals surface area contributed by atoms with Crippen LogP contribution in [0.3, 0.4) is 0 Å². The van der Waals surface area contributed by atoms with E-state index in [0.717, 1.165) is 44.9 Å². The molecule has 5 rings (SSSR count). The number of hydrogen-bond donors (Lipinski definition) is 3. The maximum absolute atomic E-state index is 13.7. The number of methoxy groups -OCH3 is 1. The van der Waals surface area contributed by atoms with Crippen LogP contribution in [0, 0.1) is 50.7 Å². The Morgan fingerprint density at radius 2 is 1.57 bits per heavy atom. The average Bonchev–Trinajstić information content (AvgIpc) is 3.00. The second-order valence-corrected chi connectivity index (χ2v) is 14.7. The van der Waals surface area contributed by atoms with E-state index in [1.54, 1.807) is 0 Å². The first-order valence-electron chi connectivity index (χ1n) is 14.5. The summed E-state index contributed by atoms with van der Waals surface area (Å²) in [5.41, 5.74) is -0.839. The summed E-state index contributed by atoms with van der Waals surface area (Å²) in [7, 11) is 1.43. The normalized spacial score (nSPS) is 53.5. The van der Waals surface area contributed by atoms with Gasteiger partial charge in [0.1, 0.15) is 0 Å². The van der Waals surface area contributed by atoms with Crippen molar-refractivity contribution in [2.24, 2.45) is 50.7 Å². The molecule has 0 saturated heterocycles. The summed E-state index contributed by atoms with van der Waals surface area (Å²) in [6.07, 6.45) is 8.12. The molecule has 4 fully saturated rings. The Balaban J connectivity index is 1.54. The van der Waals surface area contributed by atoms with Gasteiger partial charge in [0, 0.05) is 11.3 Å². The van der Waals surface area contributed by atoms with Gasteiger partial charge in [-0.2, -0.15) is 0 Å². The van der Waals surface area contributed by atoms with E-state index in [9.17, 15) is 24.9 Å². The lowest BCUT2D eigenvalue weighted by Gasteiger charge is -2.63. The molecule has 5 aliphatic rings. The number of hydrogen-bond acceptors (Lipinski definition) is 6. The van der Waals surface area contributed by atoms with Crippen LogP contribution in [0.25, 0.3) is 0 Å². The summed E-state index contributed by atoms with van der Waals surface area (Å²) in [6.45, 7) is 10.6. The Bertz CT molecular complexity index is 1010. The van der Waals surface area contributed by atoms with Gasteiger partial charge >= 0.3 is 5.97 Å². The highest BCUT2D eigenvalue weighted by molar-refractivity contribution is 5.95. The molecule has 0 aromatic heterocycles. The van der Waals surface area contributed by atoms with E-state index in [-0.39, 0.29) is 52.4 Å². The molecule has 0 aromatic rings. The number of allylic oxidation sites excluding steroid dienone is 2. The third kappa shape index (κ3) is 3.47. The summed E-state index contributed by atoms with van der Waals surface area (Å²) in [5, 5.41) is 32.3. The molecule has 0 amide bonds. The van der Waals surface area contributed by atoms with Gasteiger partial charge in [-0.3, -0.25) is 9.59 Å². The number of fused-ring (bicyclic) bond motifs is 6. The molecule has 6 heteroatoms. The van der Waals surface area contributed by atoms with Gasteiger partial charge in [-0.15, -0.1) is 0 Å². The van der Waals surface area contributed by atoms with Crippen LogP contribution in [0.2, 0.25) is 0 Å². The van der Waals surface area contributed by atoms with Crippen LogP contribution in [0.15, 0.2) is 11.6 Å². The summed E-state index contributed by atoms with van der Waals surface area (Å²) in [5.74, 6) is 0.0677. The van der Waals surface area contributed by atoms with Gasteiger partial charge in [-0.1, -0.05) is 33.3 Å². The van der Waals surface area contributed by atoms with Crippen molar-refractivity contribution in [1.29, 1.82) is 0 Å². The van der Waals surface area contributed by atoms with Crippen molar-refractivity contribution in [3.05, 3.63) is 11.6 Å². The third-order valence-corrected chi connectivity index (χ3v) is 13.0. The van der Waals surface area contributed by atoms with E-state index in [2.05, 4.69) is 20.8 Å². The van der Waals surface area contributed by atoms with Crippen LogP contribution in [0.1, 0.15) is 92.4 Å². The van der Waals surface area contributed by atoms with Crippen LogP contribution < -0.4 is 0 Å². The van der Waals surface area contributed by atoms with Gasteiger partial charge in [0.25, 0.3) is 0 Å². The van der Waals surface area contributed by atoms with Crippen LogP contribution >= 0.6 is 0 Å². The molecule has 0 bridgehead atoms. The molecule has 0 aliphatic heterocycles. The van der Waals surface area contributed by atoms with Crippen molar-refractivity contribution in [1.82, 2.24) is 0 Å². The number of carbonyl (C=O) groups excluding carboxylic acids is 2. The standard InChI is InChI=1S/C31H48O6/c1-27-12-9-22-29(3,14-11-24(35)31(22,5)26(36)37-6)21(27)8-7-19-18(16-27)15-20(33)25-28(19,2)13-10-23(34)30(25,4)17-32/h15,19,21-25,32,34-35H,7-14,16-17H2,1-6H3/t19-,21-,22-,23+,24+,25-,27-,28+,29+,30-,31+/m0/s1. The Morgan fingerprint density at radius 3 is 2.22 bits per heavy atom. The summed E-state index contributed by atoms with van der Waals surface area (Å²) < 4.78 is 5.26. The average molecular weight is 517 g/mol. The second kappa shape index (κ2) is 8.63. The fraction of sp³-hybridized carbons (Fsp3) is 0.871. The van der Waals surface area contributed by atoms with Crippen LogP contribution in [-0.4, -0.2) is 53.0 Å². The van der Waals surface area contributed by atoms with E-state index < -0.39 is 23.0 Å². The zero-order valence-corrected chi connectivity index (χ0v) is 23.7. The molecule has 0 heterocycles. The van der Waals surface area contributed by atoms with E-state index in [4.69, 9.17) is 4.74 Å². The molecular weight excluding hydrogens is 468 g/mol. The Kier molecular flexibility index (Phi) is 6.37. The number of carbonyl (C=O) groups is 2. The molecule has 208 valence electrons. The summed E-state index contributed by atoms with van der Waals surface area (Å²) in [4.78, 5) is 26.8. The maximum atomic E-state index is 13.7. The molecule has 0 aromatic carbocycles. The zero-order chi connectivity index (χ0) is 27.2. The lowest BCUT2D eigenvalue weighted by atomic mass is 9.41. The highest BCUT2D eigenvalue weighted by atomic mass is 16.5. The minimum absolute atomic E-state index is 0.0170. The number of ketones is 1. The van der Waals surface area contributed by atoms with Gasteiger partial charge in [-0.05, 0) is 105 Å². The molecule has 0 unspecified atom stereocenters. The number of ether oxygens (including phenoxy) is 1. The smallest absolute Gasteiger partial charge is 0.314 e. The first-order chi connectivity index (χ1) is 17.2. The summed E-state index contributed by atoms with van der Waals surface area (Å²) >= 11 is 0. The van der Waals surface area contributed by atoms with Crippen molar-refractivity contribution >= 4 is 11.8 Å². The quantitative estimate of drug-likeness (QED) is 0.469. The van der Waals surface area contributed by atoms with Crippen molar-refractivity contribution in [2.45, 2.75) is 105 Å². The largest absolute Gasteiger partial charge is 0.469 e. The third-order valence-electron chi connectivity index (χ3n) is 13.0. The van der Waals surface area contributed by atoms with Gasteiger partial charge in [-0.25, -0.2) is 0 Å². The molecule has 37 heavy (non-hydrogen) atoms. The monoisotopic (exact) mass is 516 g/mol. The number of rotatable bonds is 2. The second-order valence-electron chi connectivity index (χ2n) is 14.7. The zero-order valence-electron chi connectivity index (χ0n) is 23.7. The van der Waals surface area contributed by atoms with Crippen LogP contribution in [-0.2, 0) is 14.3 Å². The molecule has 11 atom stereocenters. The topological polar surface area (TPSA) is 104 Å². The maximum Gasteiger partial charge on any atom is 0.314 e. The first kappa shape index (κ1) is 27.3. The van der Waals surface area contributed by atoms with Gasteiger partial charge in [0.2, 0.25) is 0 Å². The number of esters is 1. The molecule has 4 saturated carbocycles. The fourth-order valence-corrected chi connectivity index (χ4v) is 11.1. The molecule has 0 spiro atoms. The van der Waals surface area contributed by atoms with E-state index >= 15 is 0 Å². The molecule has 6 nitrogen and oxygen atoms in total. The SMILES string of the molecule is COC(=O)[C@@]1(C)[C@H](O)CC[C@]2(C)[C@H]3CC[C@H]4C(=CC(=O)[C@H]5[C@]4(C)CC[C@@H](O)[C@]5(C)CO)C[C@]3(C)CC[C@@H]21. The fourth-order valence-electron chi connectivity index (χ4n) is 11.1. The van der Waals surface area contributed by atoms with Crippen molar-refractivity contribution in [3.8, 4) is 0 Å². The summed E-state index contributed by atoms with van der Waals surface area (Å²) in [6, 6.07) is 0. The van der Waals surface area contributed by atoms with Crippen LogP contribution in [0.4, 0.5) is 0 Å². The Hall–Kier alpha value is -1.24. The molecule has 5 aliphatic carbocycles. The van der Waals surface area contributed by atoms with E-state index in [1.807, 2.05) is 19.9 Å².